The van der Waals surface area contributed by atoms with E-state index in [1.807, 2.05) is 30.3 Å². The van der Waals surface area contributed by atoms with Gasteiger partial charge in [-0.15, -0.1) is 0 Å². The molecule has 0 aliphatic heterocycles. The summed E-state index contributed by atoms with van der Waals surface area (Å²) in [6.07, 6.45) is 1.38. The van der Waals surface area contributed by atoms with Crippen LogP contribution in [0.25, 0.3) is 0 Å². The van der Waals surface area contributed by atoms with E-state index in [4.69, 9.17) is 0 Å². The molecule has 0 aliphatic rings. The number of hydrogen-bond donors (Lipinski definition) is 1. The van der Waals surface area contributed by atoms with Crippen LogP contribution in [0.5, 0.6) is 0 Å². The largest absolute Gasteiger partial charge is 0.384 e. The molecular weight excluding hydrogens is 164 g/mol. The minimum atomic E-state index is -0.675. The lowest BCUT2D eigenvalue weighted by molar-refractivity contribution is -0.104. The third kappa shape index (κ3) is 2.53. The molecule has 2 nitrogen and oxygen atoms in total. The highest BCUT2D eigenvalue weighted by molar-refractivity contribution is 5.66. The summed E-state index contributed by atoms with van der Waals surface area (Å²) in [5.74, 6) is 0. The van der Waals surface area contributed by atoms with Crippen molar-refractivity contribution < 1.29 is 9.90 Å². The molecule has 1 aromatic carbocycles. The van der Waals surface area contributed by atoms with Gasteiger partial charge < -0.3 is 5.11 Å². The Hall–Kier alpha value is -1.41. The van der Waals surface area contributed by atoms with Crippen LogP contribution in [0.15, 0.2) is 42.0 Å². The topological polar surface area (TPSA) is 37.3 Å². The van der Waals surface area contributed by atoms with Crippen molar-refractivity contribution in [3.05, 3.63) is 47.5 Å². The zero-order valence-corrected chi connectivity index (χ0v) is 7.47. The van der Waals surface area contributed by atoms with Crippen LogP contribution in [0, 0.1) is 0 Å². The lowest BCUT2D eigenvalue weighted by Crippen LogP contribution is -1.98. The van der Waals surface area contributed by atoms with Crippen LogP contribution in [0.3, 0.4) is 0 Å². The third-order valence-electron chi connectivity index (χ3n) is 1.88. The fraction of sp³-hybridized carbons (Fsp3) is 0.182. The summed E-state index contributed by atoms with van der Waals surface area (Å²) in [5.41, 5.74) is 1.46. The maximum Gasteiger partial charge on any atom is 0.142 e. The normalized spacial score (nSPS) is 13.8. The van der Waals surface area contributed by atoms with E-state index < -0.39 is 6.10 Å². The van der Waals surface area contributed by atoms with Gasteiger partial charge in [0.2, 0.25) is 0 Å². The SMILES string of the molecule is C/C(=C/C=O)C(O)c1ccccc1. The Morgan fingerprint density at radius 1 is 1.38 bits per heavy atom. The molecule has 0 amide bonds. The van der Waals surface area contributed by atoms with Gasteiger partial charge in [-0.05, 0) is 24.1 Å². The van der Waals surface area contributed by atoms with Crippen molar-refractivity contribution >= 4 is 6.29 Å². The van der Waals surface area contributed by atoms with E-state index in [1.165, 1.54) is 6.08 Å². The van der Waals surface area contributed by atoms with Gasteiger partial charge in [-0.3, -0.25) is 4.79 Å². The van der Waals surface area contributed by atoms with E-state index in [0.29, 0.717) is 11.9 Å². The molecule has 0 radical (unpaired) electrons. The van der Waals surface area contributed by atoms with Gasteiger partial charge in [-0.2, -0.15) is 0 Å². The van der Waals surface area contributed by atoms with Crippen molar-refractivity contribution in [1.82, 2.24) is 0 Å². The molecule has 0 heterocycles. The number of benzene rings is 1. The van der Waals surface area contributed by atoms with Crippen LogP contribution in [-0.2, 0) is 4.79 Å². The Morgan fingerprint density at radius 3 is 2.54 bits per heavy atom. The highest BCUT2D eigenvalue weighted by Gasteiger charge is 2.07. The van der Waals surface area contributed by atoms with Crippen molar-refractivity contribution in [1.29, 1.82) is 0 Å². The molecule has 1 unspecified atom stereocenters. The molecule has 68 valence electrons. The second-order valence-corrected chi connectivity index (χ2v) is 2.86. The third-order valence-corrected chi connectivity index (χ3v) is 1.88. The van der Waals surface area contributed by atoms with Gasteiger partial charge in [0, 0.05) is 0 Å². The molecule has 0 aromatic heterocycles. The van der Waals surface area contributed by atoms with Crippen molar-refractivity contribution in [2.24, 2.45) is 0 Å². The Bertz CT molecular complexity index is 301. The highest BCUT2D eigenvalue weighted by atomic mass is 16.3. The molecule has 0 fully saturated rings. The first kappa shape index (κ1) is 9.68. The molecule has 1 N–H and O–H groups in total. The number of aliphatic hydroxyl groups excluding tert-OH is 1. The van der Waals surface area contributed by atoms with Gasteiger partial charge in [-0.1, -0.05) is 30.3 Å². The number of carbonyl (C=O) groups excluding carboxylic acids is 1. The first-order valence-electron chi connectivity index (χ1n) is 4.10. The summed E-state index contributed by atoms with van der Waals surface area (Å²) < 4.78 is 0. The van der Waals surface area contributed by atoms with Gasteiger partial charge in [0.1, 0.15) is 12.4 Å². The summed E-state index contributed by atoms with van der Waals surface area (Å²) in [4.78, 5) is 10.2. The first-order valence-corrected chi connectivity index (χ1v) is 4.10. The van der Waals surface area contributed by atoms with Crippen molar-refractivity contribution in [3.63, 3.8) is 0 Å². The lowest BCUT2D eigenvalue weighted by Gasteiger charge is -2.10. The summed E-state index contributed by atoms with van der Waals surface area (Å²) in [6, 6.07) is 9.24. The Balaban J connectivity index is 2.85. The molecule has 0 saturated heterocycles. The fourth-order valence-corrected chi connectivity index (χ4v) is 1.10. The van der Waals surface area contributed by atoms with E-state index in [-0.39, 0.29) is 0 Å². The number of rotatable bonds is 3. The summed E-state index contributed by atoms with van der Waals surface area (Å²) in [5, 5.41) is 9.69. The second-order valence-electron chi connectivity index (χ2n) is 2.86. The quantitative estimate of drug-likeness (QED) is 0.564. The smallest absolute Gasteiger partial charge is 0.142 e. The van der Waals surface area contributed by atoms with Crippen LogP contribution in [0.2, 0.25) is 0 Å². The van der Waals surface area contributed by atoms with E-state index in [0.717, 1.165) is 5.56 Å². The van der Waals surface area contributed by atoms with Crippen molar-refractivity contribution in [3.8, 4) is 0 Å². The number of aldehydes is 1. The van der Waals surface area contributed by atoms with Gasteiger partial charge in [0.05, 0.1) is 0 Å². The Labute approximate surface area is 77.5 Å². The predicted molar refractivity (Wildman–Crippen MR) is 51.2 cm³/mol. The van der Waals surface area contributed by atoms with Crippen LogP contribution in [-0.4, -0.2) is 11.4 Å². The standard InChI is InChI=1S/C11H12O2/c1-9(7-8-12)11(13)10-5-3-2-4-6-10/h2-8,11,13H,1H3/b9-7-. The molecule has 1 aromatic rings. The number of aliphatic hydroxyl groups is 1. The van der Waals surface area contributed by atoms with Gasteiger partial charge in [0.15, 0.2) is 0 Å². The minimum Gasteiger partial charge on any atom is -0.384 e. The molecule has 1 rings (SSSR count). The molecule has 0 aliphatic carbocycles. The van der Waals surface area contributed by atoms with Gasteiger partial charge in [0.25, 0.3) is 0 Å². The highest BCUT2D eigenvalue weighted by Crippen LogP contribution is 2.19. The summed E-state index contributed by atoms with van der Waals surface area (Å²) >= 11 is 0. The molecular formula is C11H12O2. The zero-order chi connectivity index (χ0) is 9.68. The summed E-state index contributed by atoms with van der Waals surface area (Å²) in [7, 11) is 0. The predicted octanol–water partition coefficient (Wildman–Crippen LogP) is 1.87. The van der Waals surface area contributed by atoms with E-state index in [1.54, 1.807) is 6.92 Å². The molecule has 2 heteroatoms. The Kier molecular flexibility index (Phi) is 3.41. The van der Waals surface area contributed by atoms with Crippen LogP contribution < -0.4 is 0 Å². The average Bonchev–Trinajstić information content (AvgIpc) is 2.18. The maximum absolute atomic E-state index is 10.2. The molecule has 1 atom stereocenters. The fourth-order valence-electron chi connectivity index (χ4n) is 1.10. The van der Waals surface area contributed by atoms with Gasteiger partial charge >= 0.3 is 0 Å². The number of hydrogen-bond acceptors (Lipinski definition) is 2. The van der Waals surface area contributed by atoms with Crippen LogP contribution >= 0.6 is 0 Å². The maximum atomic E-state index is 10.2. The number of carbonyl (C=O) groups is 1. The lowest BCUT2D eigenvalue weighted by atomic mass is 10.0. The second kappa shape index (κ2) is 4.58. The first-order chi connectivity index (χ1) is 6.25. The number of allylic oxidation sites excluding steroid dienone is 1. The monoisotopic (exact) mass is 176 g/mol. The molecule has 0 bridgehead atoms. The van der Waals surface area contributed by atoms with Crippen molar-refractivity contribution in [2.75, 3.05) is 0 Å². The van der Waals surface area contributed by atoms with E-state index in [2.05, 4.69) is 0 Å². The minimum absolute atomic E-state index is 0.654. The van der Waals surface area contributed by atoms with E-state index >= 15 is 0 Å². The van der Waals surface area contributed by atoms with Crippen LogP contribution in [0.1, 0.15) is 18.6 Å². The summed E-state index contributed by atoms with van der Waals surface area (Å²) in [6.45, 7) is 1.73. The zero-order valence-electron chi connectivity index (χ0n) is 7.47. The molecule has 0 spiro atoms. The Morgan fingerprint density at radius 2 is 2.00 bits per heavy atom. The molecule has 0 saturated carbocycles. The van der Waals surface area contributed by atoms with Crippen LogP contribution in [0.4, 0.5) is 0 Å². The van der Waals surface area contributed by atoms with Gasteiger partial charge in [-0.25, -0.2) is 0 Å². The molecule has 13 heavy (non-hydrogen) atoms. The average molecular weight is 176 g/mol. The van der Waals surface area contributed by atoms with E-state index in [9.17, 15) is 9.90 Å². The van der Waals surface area contributed by atoms with Crippen molar-refractivity contribution in [2.45, 2.75) is 13.0 Å².